The Morgan fingerprint density at radius 3 is 1.56 bits per heavy atom. The predicted molar refractivity (Wildman–Crippen MR) is 91.0 cm³/mol. The molecule has 0 saturated carbocycles. The minimum absolute atomic E-state index is 0.797. The third kappa shape index (κ3) is 3.43. The number of halogens is 1. The average molecular weight is 345 g/mol. The van der Waals surface area contributed by atoms with Gasteiger partial charge in [0.05, 0.1) is 0 Å². The van der Waals surface area contributed by atoms with E-state index in [1.165, 1.54) is 4.90 Å². The molecule has 0 radical (unpaired) electrons. The molecule has 0 nitrogen and oxygen atoms in total. The summed E-state index contributed by atoms with van der Waals surface area (Å²) in [6, 6.07) is 8.82. The second-order valence-corrected chi connectivity index (χ2v) is 15.4. The summed E-state index contributed by atoms with van der Waals surface area (Å²) in [6.07, 6.45) is 0. The first kappa shape index (κ1) is 16.3. The van der Waals surface area contributed by atoms with Crippen LogP contribution in [0.25, 0.3) is 0 Å². The van der Waals surface area contributed by atoms with Gasteiger partial charge < -0.3 is 0 Å². The fourth-order valence-corrected chi connectivity index (χ4v) is 12.5. The molecule has 0 atom stereocenters. The van der Waals surface area contributed by atoms with Crippen LogP contribution in [0.4, 0.5) is 0 Å². The van der Waals surface area contributed by atoms with Crippen LogP contribution in [0, 0.1) is 0 Å². The van der Waals surface area contributed by atoms with Gasteiger partial charge in [-0.15, -0.1) is 0 Å². The molecule has 0 aliphatic carbocycles. The van der Waals surface area contributed by atoms with E-state index in [4.69, 9.17) is 0 Å². The van der Waals surface area contributed by atoms with Crippen molar-refractivity contribution in [3.63, 3.8) is 0 Å². The maximum absolute atomic E-state index is 3.51. The molecule has 1 rings (SSSR count). The summed E-state index contributed by atoms with van der Waals surface area (Å²) in [5, 5.41) is 0. The highest BCUT2D eigenvalue weighted by molar-refractivity contribution is 9.10. The highest BCUT2D eigenvalue weighted by atomic mass is 79.9. The van der Waals surface area contributed by atoms with Crippen molar-refractivity contribution in [1.29, 1.82) is 0 Å². The van der Waals surface area contributed by atoms with Crippen molar-refractivity contribution in [3.8, 4) is 0 Å². The number of benzene rings is 1. The van der Waals surface area contributed by atoms with Gasteiger partial charge in [0.2, 0.25) is 0 Å². The molecule has 0 bridgehead atoms. The molecule has 0 aliphatic heterocycles. The third-order valence-corrected chi connectivity index (χ3v) is 16.6. The summed E-state index contributed by atoms with van der Waals surface area (Å²) in [7, 11) is -1.38. The van der Waals surface area contributed by atoms with Crippen LogP contribution in [-0.4, -0.2) is 7.22 Å². The molecule has 0 aliphatic rings. The highest BCUT2D eigenvalue weighted by Crippen LogP contribution is 2.51. The maximum Gasteiger partial charge on any atom is 0.131 e. The van der Waals surface area contributed by atoms with E-state index in [0.29, 0.717) is 0 Å². The van der Waals surface area contributed by atoms with Gasteiger partial charge in [-0.25, -0.2) is 0 Å². The molecule has 0 unspecified atom stereocenters. The fraction of sp³-hybridized carbons (Fsp3) is 0.600. The lowest BCUT2D eigenvalue weighted by Gasteiger charge is -2.42. The van der Waals surface area contributed by atoms with Gasteiger partial charge in [0.1, 0.15) is 7.22 Å². The molecule has 0 spiro atoms. The summed E-state index contributed by atoms with van der Waals surface area (Å²) in [6.45, 7) is 14.5. The zero-order valence-electron chi connectivity index (χ0n) is 12.3. The second-order valence-electron chi connectivity index (χ2n) is 5.87. The van der Waals surface area contributed by atoms with Crippen molar-refractivity contribution in [2.45, 2.75) is 63.1 Å². The van der Waals surface area contributed by atoms with Crippen molar-refractivity contribution in [2.75, 3.05) is 0 Å². The monoisotopic (exact) mass is 344 g/mol. The van der Waals surface area contributed by atoms with E-state index < -0.39 is 7.22 Å². The Labute approximate surface area is 126 Å². The Balaban J connectivity index is 3.08. The minimum atomic E-state index is -1.38. The Bertz CT molecular complexity index is 349. The molecule has 102 valence electrons. The van der Waals surface area contributed by atoms with E-state index in [-0.39, 0.29) is 0 Å². The van der Waals surface area contributed by atoms with E-state index >= 15 is 0 Å². The summed E-state index contributed by atoms with van der Waals surface area (Å²) in [5.74, 6) is 0. The topological polar surface area (TPSA) is 0 Å². The van der Waals surface area contributed by atoms with Crippen LogP contribution in [0.3, 0.4) is 0 Å². The normalized spacial score (nSPS) is 12.8. The average Bonchev–Trinajstić information content (AvgIpc) is 2.26. The van der Waals surface area contributed by atoms with Gasteiger partial charge >= 0.3 is 0 Å². The van der Waals surface area contributed by atoms with E-state index in [2.05, 4.69) is 92.9 Å². The molecular weight excluding hydrogens is 320 g/mol. The SMILES string of the molecule is CC(C)[Si](Sc1ccc(Br)cc1)(C(C)C)C(C)C. The summed E-state index contributed by atoms with van der Waals surface area (Å²) in [5.41, 5.74) is 2.39. The summed E-state index contributed by atoms with van der Waals surface area (Å²) in [4.78, 5) is 1.43. The van der Waals surface area contributed by atoms with Crippen molar-refractivity contribution in [3.05, 3.63) is 28.7 Å². The molecule has 0 saturated heterocycles. The number of rotatable bonds is 5. The van der Waals surface area contributed by atoms with Crippen molar-refractivity contribution >= 4 is 34.4 Å². The van der Waals surface area contributed by atoms with Gasteiger partial charge in [-0.2, -0.15) is 11.2 Å². The summed E-state index contributed by atoms with van der Waals surface area (Å²) < 4.78 is 1.16. The fourth-order valence-electron chi connectivity index (χ4n) is 3.06. The van der Waals surface area contributed by atoms with Crippen LogP contribution in [0.2, 0.25) is 16.6 Å². The lowest BCUT2D eigenvalue weighted by molar-refractivity contribution is 0.851. The zero-order valence-corrected chi connectivity index (χ0v) is 15.7. The molecule has 0 amide bonds. The number of hydrogen-bond donors (Lipinski definition) is 0. The molecule has 1 aromatic carbocycles. The van der Waals surface area contributed by atoms with Crippen molar-refractivity contribution in [1.82, 2.24) is 0 Å². The smallest absolute Gasteiger partial charge is 0.131 e. The van der Waals surface area contributed by atoms with E-state index in [0.717, 1.165) is 21.1 Å². The largest absolute Gasteiger partial charge is 0.150 e. The molecule has 0 N–H and O–H groups in total. The first-order valence-corrected chi connectivity index (χ1v) is 11.3. The molecule has 1 aromatic rings. The van der Waals surface area contributed by atoms with Crippen molar-refractivity contribution < 1.29 is 0 Å². The van der Waals surface area contributed by atoms with Gasteiger partial charge in [0, 0.05) is 9.37 Å². The van der Waals surface area contributed by atoms with Gasteiger partial charge in [-0.3, -0.25) is 0 Å². The highest BCUT2D eigenvalue weighted by Gasteiger charge is 2.43. The third-order valence-electron chi connectivity index (χ3n) is 3.82. The predicted octanol–water partition coefficient (Wildman–Crippen LogP) is 6.72. The van der Waals surface area contributed by atoms with Crippen molar-refractivity contribution in [2.24, 2.45) is 0 Å². The molecule has 18 heavy (non-hydrogen) atoms. The van der Waals surface area contributed by atoms with Crippen LogP contribution < -0.4 is 0 Å². The Hall–Kier alpha value is 0.267. The Morgan fingerprint density at radius 1 is 0.833 bits per heavy atom. The lowest BCUT2D eigenvalue weighted by atomic mass is 10.4. The molecule has 3 heteroatoms. The molecule has 0 heterocycles. The van der Waals surface area contributed by atoms with Crippen LogP contribution in [0.1, 0.15) is 41.5 Å². The van der Waals surface area contributed by atoms with Crippen LogP contribution in [-0.2, 0) is 0 Å². The lowest BCUT2D eigenvalue weighted by Crippen LogP contribution is -2.40. The standard InChI is InChI=1S/C15H25BrSSi/c1-11(2)18(12(3)4,13(5)6)17-15-9-7-14(16)8-10-15/h7-13H,1-6H3. The summed E-state index contributed by atoms with van der Waals surface area (Å²) >= 11 is 5.70. The first-order valence-electron chi connectivity index (χ1n) is 6.75. The quantitative estimate of drug-likeness (QED) is 0.534. The van der Waals surface area contributed by atoms with Gasteiger partial charge in [0.15, 0.2) is 0 Å². The van der Waals surface area contributed by atoms with Crippen LogP contribution in [0.15, 0.2) is 33.6 Å². The van der Waals surface area contributed by atoms with E-state index in [1.54, 1.807) is 0 Å². The van der Waals surface area contributed by atoms with Crippen LogP contribution in [0.5, 0.6) is 0 Å². The molecular formula is C15H25BrSSi. The van der Waals surface area contributed by atoms with Gasteiger partial charge in [-0.05, 0) is 40.9 Å². The van der Waals surface area contributed by atoms with E-state index in [1.807, 2.05) is 0 Å². The van der Waals surface area contributed by atoms with Crippen LogP contribution >= 0.6 is 27.1 Å². The molecule has 0 fully saturated rings. The maximum atomic E-state index is 3.51. The first-order chi connectivity index (χ1) is 8.30. The number of hydrogen-bond acceptors (Lipinski definition) is 1. The second kappa shape index (κ2) is 6.62. The zero-order chi connectivity index (χ0) is 13.9. The Kier molecular flexibility index (Phi) is 6.00. The Morgan fingerprint density at radius 2 is 1.22 bits per heavy atom. The van der Waals surface area contributed by atoms with Gasteiger partial charge in [0.25, 0.3) is 0 Å². The van der Waals surface area contributed by atoms with E-state index in [9.17, 15) is 0 Å². The molecule has 0 aromatic heterocycles. The minimum Gasteiger partial charge on any atom is -0.150 e. The van der Waals surface area contributed by atoms with Gasteiger partial charge in [-0.1, -0.05) is 57.5 Å².